The molecule has 52 heavy (non-hydrogen) atoms. The predicted octanol–water partition coefficient (Wildman–Crippen LogP) is 14.5. The van der Waals surface area contributed by atoms with Crippen LogP contribution in [-0.2, 0) is 0 Å². The van der Waals surface area contributed by atoms with Gasteiger partial charge >= 0.3 is 0 Å². The highest BCUT2D eigenvalue weighted by Crippen LogP contribution is 2.52. The minimum atomic E-state index is -0.739. The summed E-state index contributed by atoms with van der Waals surface area (Å²) in [6, 6.07) is 23.8. The Morgan fingerprint density at radius 3 is 1.77 bits per heavy atom. The lowest BCUT2D eigenvalue weighted by Crippen LogP contribution is -1.91. The fraction of sp³-hybridized carbons (Fsp3) is 0. The SMILES string of the molecule is [2H]c1c([2H])c([2H])c(-c2c3c([2H])c([2H])c([2H])c([2H])c3c(-c3cc4oc(-c5ccc6ccccc6c5)c(-c5ccccc5)c4c4c3oc3ccccc34)c3c([2H])c([2H])c([2H])c([2H])c23)c([2H])c1[2H]. The maximum atomic E-state index is 9.57. The van der Waals surface area contributed by atoms with E-state index in [9.17, 15) is 5.48 Å². The van der Waals surface area contributed by atoms with Gasteiger partial charge < -0.3 is 8.83 Å². The van der Waals surface area contributed by atoms with Crippen LogP contribution in [0, 0.1) is 0 Å². The van der Waals surface area contributed by atoms with Crippen molar-refractivity contribution in [2.75, 3.05) is 0 Å². The van der Waals surface area contributed by atoms with Gasteiger partial charge in [-0.15, -0.1) is 0 Å². The van der Waals surface area contributed by atoms with Crippen LogP contribution in [0.2, 0.25) is 0 Å². The Morgan fingerprint density at radius 2 is 1.02 bits per heavy atom. The Labute approximate surface area is 318 Å². The van der Waals surface area contributed by atoms with Gasteiger partial charge in [0.2, 0.25) is 0 Å². The highest BCUT2D eigenvalue weighted by Gasteiger charge is 2.27. The number of benzene rings is 9. The minimum absolute atomic E-state index is 0.0546. The molecule has 0 N–H and O–H groups in total. The lowest BCUT2D eigenvalue weighted by molar-refractivity contribution is 0.632. The average Bonchev–Trinajstić information content (AvgIpc) is 3.91. The first-order valence-electron chi connectivity index (χ1n) is 23.2. The second-order valence-electron chi connectivity index (χ2n) is 12.6. The third-order valence-corrected chi connectivity index (χ3v) is 9.77. The van der Waals surface area contributed by atoms with E-state index in [0.717, 1.165) is 27.5 Å². The van der Waals surface area contributed by atoms with E-state index in [1.807, 2.05) is 91.0 Å². The first kappa shape index (κ1) is 18.9. The Balaban J connectivity index is 1.42. The fourth-order valence-corrected chi connectivity index (χ4v) is 7.60. The van der Waals surface area contributed by atoms with Gasteiger partial charge in [0.15, 0.2) is 0 Å². The molecule has 0 unspecified atom stereocenters. The highest BCUT2D eigenvalue weighted by atomic mass is 16.3. The zero-order chi connectivity index (χ0) is 45.5. The molecule has 2 aromatic heterocycles. The van der Waals surface area contributed by atoms with Crippen molar-refractivity contribution in [3.8, 4) is 44.7 Å². The molecule has 11 rings (SSSR count). The fourth-order valence-electron chi connectivity index (χ4n) is 7.60. The van der Waals surface area contributed by atoms with Crippen LogP contribution in [0.15, 0.2) is 191 Å². The van der Waals surface area contributed by atoms with Crippen molar-refractivity contribution in [2.45, 2.75) is 0 Å². The number of rotatable bonds is 4. The quantitative estimate of drug-likeness (QED) is 0.174. The normalized spacial score (nSPS) is 15.3. The molecule has 2 heterocycles. The first-order valence-corrected chi connectivity index (χ1v) is 16.7. The van der Waals surface area contributed by atoms with E-state index in [4.69, 9.17) is 21.2 Å². The number of furan rings is 2. The summed E-state index contributed by atoms with van der Waals surface area (Å²) in [5.74, 6) is 0.524. The lowest BCUT2D eigenvalue weighted by Gasteiger charge is -2.18. The molecule has 0 radical (unpaired) electrons. The van der Waals surface area contributed by atoms with Crippen molar-refractivity contribution in [2.24, 2.45) is 0 Å². The maximum absolute atomic E-state index is 9.57. The van der Waals surface area contributed by atoms with E-state index in [2.05, 4.69) is 0 Å². The summed E-state index contributed by atoms with van der Waals surface area (Å²) in [7, 11) is 0. The van der Waals surface area contributed by atoms with Gasteiger partial charge in [-0.3, -0.25) is 0 Å². The molecule has 0 aliphatic carbocycles. The van der Waals surface area contributed by atoms with Gasteiger partial charge in [-0.1, -0.05) is 163 Å². The van der Waals surface area contributed by atoms with Crippen LogP contribution in [0.3, 0.4) is 0 Å². The lowest BCUT2D eigenvalue weighted by atomic mass is 9.85. The standard InChI is InChI=1S/C50H30O2/c1-3-16-32(17-4-1)44-36-21-9-11-23-38(36)46(39-24-12-10-22-37(39)44)41-30-43-48(47-40-25-13-14-26-42(40)51-50(41)47)45(33-18-5-2-6-19-33)49(52-43)35-28-27-31-15-7-8-20-34(31)29-35/h1-30H/i1D,3D,4D,9D,10D,11D,12D,16D,17D,21D,22D,23D,24D. The molecule has 0 aliphatic heterocycles. The average molecular weight is 676 g/mol. The van der Waals surface area contributed by atoms with E-state index < -0.39 is 84.1 Å². The molecule has 0 atom stereocenters. The number of hydrogen-bond acceptors (Lipinski definition) is 2. The van der Waals surface area contributed by atoms with Gasteiger partial charge in [0.1, 0.15) is 22.5 Å². The number of fused-ring (bicyclic) bond motifs is 8. The van der Waals surface area contributed by atoms with E-state index >= 15 is 0 Å². The van der Waals surface area contributed by atoms with Crippen molar-refractivity contribution >= 4 is 65.2 Å². The van der Waals surface area contributed by atoms with E-state index in [0.29, 0.717) is 33.1 Å². The topological polar surface area (TPSA) is 26.3 Å². The molecule has 9 aromatic carbocycles. The molecule has 0 spiro atoms. The van der Waals surface area contributed by atoms with E-state index in [1.54, 1.807) is 12.1 Å². The third kappa shape index (κ3) is 4.25. The molecule has 0 saturated heterocycles. The van der Waals surface area contributed by atoms with Crippen LogP contribution < -0.4 is 0 Å². The summed E-state index contributed by atoms with van der Waals surface area (Å²) < 4.78 is 131. The molecule has 2 heteroatoms. The van der Waals surface area contributed by atoms with Crippen molar-refractivity contribution in [1.82, 2.24) is 0 Å². The third-order valence-electron chi connectivity index (χ3n) is 9.77. The van der Waals surface area contributed by atoms with Crippen LogP contribution in [0.5, 0.6) is 0 Å². The summed E-state index contributed by atoms with van der Waals surface area (Å²) in [5, 5.41) is 2.84. The predicted molar refractivity (Wildman–Crippen MR) is 218 cm³/mol. The van der Waals surface area contributed by atoms with Crippen molar-refractivity contribution in [3.63, 3.8) is 0 Å². The molecule has 0 aliphatic rings. The van der Waals surface area contributed by atoms with Crippen LogP contribution >= 0.6 is 0 Å². The Morgan fingerprint density at radius 1 is 0.385 bits per heavy atom. The highest BCUT2D eigenvalue weighted by molar-refractivity contribution is 6.30. The van der Waals surface area contributed by atoms with Crippen molar-refractivity contribution in [1.29, 1.82) is 0 Å². The summed E-state index contributed by atoms with van der Waals surface area (Å²) in [6.45, 7) is 0. The molecule has 0 bridgehead atoms. The van der Waals surface area contributed by atoms with Gasteiger partial charge in [0, 0.05) is 38.4 Å². The summed E-state index contributed by atoms with van der Waals surface area (Å²) in [5.41, 5.74) is 2.61. The van der Waals surface area contributed by atoms with Crippen LogP contribution in [0.1, 0.15) is 17.8 Å². The largest absolute Gasteiger partial charge is 0.455 e. The van der Waals surface area contributed by atoms with Gasteiger partial charge in [-0.2, -0.15) is 0 Å². The molecule has 0 fully saturated rings. The second-order valence-corrected chi connectivity index (χ2v) is 12.6. The molecule has 242 valence electrons. The zero-order valence-corrected chi connectivity index (χ0v) is 27.1. The van der Waals surface area contributed by atoms with E-state index in [-0.39, 0.29) is 43.8 Å². The summed E-state index contributed by atoms with van der Waals surface area (Å²) in [6.07, 6.45) is 0. The molecule has 2 nitrogen and oxygen atoms in total. The van der Waals surface area contributed by atoms with Gasteiger partial charge in [0.25, 0.3) is 0 Å². The smallest absolute Gasteiger partial charge is 0.144 e. The molecule has 0 amide bonds. The monoisotopic (exact) mass is 675 g/mol. The van der Waals surface area contributed by atoms with Gasteiger partial charge in [-0.05, 0) is 67.2 Å². The molecular formula is C50H30O2. The van der Waals surface area contributed by atoms with E-state index in [1.165, 1.54) is 0 Å². The first-order chi connectivity index (χ1) is 31.2. The van der Waals surface area contributed by atoms with Gasteiger partial charge in [0.05, 0.1) is 17.8 Å². The zero-order valence-electron chi connectivity index (χ0n) is 40.1. The molecule has 11 aromatic rings. The van der Waals surface area contributed by atoms with Crippen LogP contribution in [0.4, 0.5) is 0 Å². The molecular weight excluding hydrogens is 633 g/mol. The summed E-state index contributed by atoms with van der Waals surface area (Å²) >= 11 is 0. The Kier molecular flexibility index (Phi) is 4.11. The maximum Gasteiger partial charge on any atom is 0.144 e. The number of hydrogen-bond donors (Lipinski definition) is 0. The van der Waals surface area contributed by atoms with Crippen LogP contribution in [-0.4, -0.2) is 0 Å². The summed E-state index contributed by atoms with van der Waals surface area (Å²) in [4.78, 5) is 0. The number of para-hydroxylation sites is 1. The Bertz CT molecular complexity index is 3820. The minimum Gasteiger partial charge on any atom is -0.455 e. The second kappa shape index (κ2) is 11.3. The van der Waals surface area contributed by atoms with Crippen molar-refractivity contribution in [3.05, 3.63) is 182 Å². The van der Waals surface area contributed by atoms with Crippen LogP contribution in [0.25, 0.3) is 110 Å². The van der Waals surface area contributed by atoms with Crippen molar-refractivity contribution < 1.29 is 26.7 Å². The van der Waals surface area contributed by atoms with Gasteiger partial charge in [-0.25, -0.2) is 0 Å². The Hall–Kier alpha value is -6.90. The molecule has 0 saturated carbocycles.